The zero-order valence-electron chi connectivity index (χ0n) is 5.09. The summed E-state index contributed by atoms with van der Waals surface area (Å²) in [5, 5.41) is 12.0. The largest absolute Gasteiger partial charge is 1.00 e. The van der Waals surface area contributed by atoms with Crippen LogP contribution in [-0.2, 0) is 4.57 Å². The third-order valence-electron chi connectivity index (χ3n) is 0. The molecule has 0 aromatic rings. The molecule has 0 amide bonds. The molecular formula is H4KN2O4P. The Balaban J connectivity index is -0.0000000286. The molecule has 0 atom stereocenters. The Labute approximate surface area is 89.5 Å². The van der Waals surface area contributed by atoms with Crippen LogP contribution in [0.4, 0.5) is 0 Å². The van der Waals surface area contributed by atoms with Gasteiger partial charge in [-0.2, -0.15) is 0 Å². The molecule has 0 heterocycles. The SMILES string of the molecule is N#N.O=P(O)(O)O.[H-].[K+]. The van der Waals surface area contributed by atoms with E-state index in [1.54, 1.807) is 0 Å². The molecular weight excluding hydrogens is 162 g/mol. The van der Waals surface area contributed by atoms with Crippen molar-refractivity contribution in [2.75, 3.05) is 0 Å². The standard InChI is InChI=1S/K.N2.H3O4P.H/c;1-2;1-5(2,3)4;/h;;(H3,1,2,3,4);/q+1;;;-1. The Morgan fingerprint density at radius 1 is 1.25 bits per heavy atom. The summed E-state index contributed by atoms with van der Waals surface area (Å²) in [7, 11) is -4.64. The third kappa shape index (κ3) is 200. The zero-order chi connectivity index (χ0) is 6.50. The second kappa shape index (κ2) is 8.17. The zero-order valence-corrected chi connectivity index (χ0v) is 8.11. The maximum absolute atomic E-state index is 8.88. The first-order valence-corrected chi connectivity index (χ1v) is 2.55. The fourth-order valence-corrected chi connectivity index (χ4v) is 0. The molecule has 3 N–H and O–H groups in total. The van der Waals surface area contributed by atoms with Crippen LogP contribution in [0.2, 0.25) is 0 Å². The molecule has 0 aliphatic rings. The van der Waals surface area contributed by atoms with Crippen LogP contribution in [0.3, 0.4) is 0 Å². The number of rotatable bonds is 0. The van der Waals surface area contributed by atoms with Crippen LogP contribution in [0.25, 0.3) is 0 Å². The van der Waals surface area contributed by atoms with Crippen LogP contribution >= 0.6 is 7.82 Å². The van der Waals surface area contributed by atoms with Gasteiger partial charge in [0.1, 0.15) is 0 Å². The summed E-state index contributed by atoms with van der Waals surface area (Å²) >= 11 is 0. The Morgan fingerprint density at radius 2 is 1.25 bits per heavy atom. The van der Waals surface area contributed by atoms with E-state index in [4.69, 9.17) is 30.0 Å². The van der Waals surface area contributed by atoms with Crippen molar-refractivity contribution in [3.63, 3.8) is 0 Å². The Bertz CT molecular complexity index is 89.7. The van der Waals surface area contributed by atoms with Crippen LogP contribution in [0.15, 0.2) is 0 Å². The van der Waals surface area contributed by atoms with Crippen molar-refractivity contribution in [3.8, 4) is 0 Å². The predicted molar refractivity (Wildman–Crippen MR) is 18.8 cm³/mol. The van der Waals surface area contributed by atoms with Crippen molar-refractivity contribution in [1.29, 1.82) is 10.8 Å². The summed E-state index contributed by atoms with van der Waals surface area (Å²) < 4.78 is 8.88. The molecule has 0 radical (unpaired) electrons. The first-order valence-electron chi connectivity index (χ1n) is 0.983. The van der Waals surface area contributed by atoms with E-state index in [2.05, 4.69) is 0 Å². The van der Waals surface area contributed by atoms with Crippen molar-refractivity contribution in [3.05, 3.63) is 0 Å². The first-order chi connectivity index (χ1) is 3.00. The van der Waals surface area contributed by atoms with E-state index in [9.17, 15) is 0 Å². The molecule has 0 bridgehead atoms. The fraction of sp³-hybridized carbons (Fsp3) is 0. The van der Waals surface area contributed by atoms with E-state index in [0.717, 1.165) is 0 Å². The third-order valence-corrected chi connectivity index (χ3v) is 0. The smallest absolute Gasteiger partial charge is 1.00 e. The summed E-state index contributed by atoms with van der Waals surface area (Å²) in [6.07, 6.45) is 0. The summed E-state index contributed by atoms with van der Waals surface area (Å²) in [6.45, 7) is 0. The first kappa shape index (κ1) is 16.1. The molecule has 8 heavy (non-hydrogen) atoms. The van der Waals surface area contributed by atoms with E-state index in [-0.39, 0.29) is 52.8 Å². The van der Waals surface area contributed by atoms with Gasteiger partial charge in [0.15, 0.2) is 0 Å². The van der Waals surface area contributed by atoms with Crippen LogP contribution in [0.1, 0.15) is 1.43 Å². The summed E-state index contributed by atoms with van der Waals surface area (Å²) in [5.74, 6) is 0. The van der Waals surface area contributed by atoms with Gasteiger partial charge in [0, 0.05) is 10.8 Å². The summed E-state index contributed by atoms with van der Waals surface area (Å²) in [6, 6.07) is 0. The monoisotopic (exact) mass is 166 g/mol. The van der Waals surface area contributed by atoms with Crippen LogP contribution < -0.4 is 51.4 Å². The second-order valence-electron chi connectivity index (χ2n) is 0.513. The van der Waals surface area contributed by atoms with Gasteiger partial charge in [0.25, 0.3) is 0 Å². The van der Waals surface area contributed by atoms with Crippen molar-refractivity contribution in [2.45, 2.75) is 0 Å². The molecule has 44 valence electrons. The average molecular weight is 166 g/mol. The number of phosphoric acid groups is 1. The quantitative estimate of drug-likeness (QED) is 0.192. The Hall–Kier alpha value is 1.17. The molecule has 6 nitrogen and oxygen atoms in total. The number of hydrogen-bond donors (Lipinski definition) is 3. The van der Waals surface area contributed by atoms with Crippen LogP contribution in [0.5, 0.6) is 0 Å². The van der Waals surface area contributed by atoms with E-state index in [1.807, 2.05) is 0 Å². The van der Waals surface area contributed by atoms with Crippen molar-refractivity contribution < 1.29 is 72.1 Å². The van der Waals surface area contributed by atoms with E-state index >= 15 is 0 Å². The minimum atomic E-state index is -4.64. The summed E-state index contributed by atoms with van der Waals surface area (Å²) in [4.78, 5) is 21.6. The van der Waals surface area contributed by atoms with Crippen molar-refractivity contribution >= 4 is 7.82 Å². The summed E-state index contributed by atoms with van der Waals surface area (Å²) in [5.41, 5.74) is 0. The molecule has 0 saturated carbocycles. The van der Waals surface area contributed by atoms with Gasteiger partial charge in [-0.05, 0) is 0 Å². The van der Waals surface area contributed by atoms with Crippen molar-refractivity contribution in [1.82, 2.24) is 0 Å². The van der Waals surface area contributed by atoms with Gasteiger partial charge in [-0.1, -0.05) is 0 Å². The van der Waals surface area contributed by atoms with Gasteiger partial charge >= 0.3 is 59.2 Å². The van der Waals surface area contributed by atoms with Gasteiger partial charge < -0.3 is 16.1 Å². The molecule has 0 unspecified atom stereocenters. The fourth-order valence-electron chi connectivity index (χ4n) is 0. The Kier molecular flexibility index (Phi) is 16.4. The van der Waals surface area contributed by atoms with Gasteiger partial charge in [-0.3, -0.25) is 0 Å². The Morgan fingerprint density at radius 3 is 1.25 bits per heavy atom. The van der Waals surface area contributed by atoms with Gasteiger partial charge in [-0.15, -0.1) is 0 Å². The number of hydrogen-bond acceptors (Lipinski definition) is 3. The predicted octanol–water partition coefficient (Wildman–Crippen LogP) is -3.78. The van der Waals surface area contributed by atoms with E-state index in [1.165, 1.54) is 0 Å². The van der Waals surface area contributed by atoms with Gasteiger partial charge in [0.2, 0.25) is 0 Å². The number of nitrogens with zero attached hydrogens (tertiary/aromatic N) is 2. The second-order valence-corrected chi connectivity index (χ2v) is 1.54. The topological polar surface area (TPSA) is 125 Å². The maximum Gasteiger partial charge on any atom is 1.00 e. The molecule has 0 fully saturated rings. The van der Waals surface area contributed by atoms with Crippen molar-refractivity contribution in [2.24, 2.45) is 0 Å². The molecule has 0 aromatic heterocycles. The minimum Gasteiger partial charge on any atom is -1.00 e. The van der Waals surface area contributed by atoms with Crippen LogP contribution in [0, 0.1) is 10.8 Å². The normalized spacial score (nSPS) is 7.62. The van der Waals surface area contributed by atoms with Crippen LogP contribution in [-0.4, -0.2) is 14.7 Å². The van der Waals surface area contributed by atoms with Gasteiger partial charge in [0.05, 0.1) is 0 Å². The van der Waals surface area contributed by atoms with E-state index < -0.39 is 7.82 Å². The molecule has 0 aromatic carbocycles. The molecule has 8 heteroatoms. The molecule has 0 saturated heterocycles. The maximum atomic E-state index is 8.88. The molecule has 0 aliphatic heterocycles. The molecule has 0 aliphatic carbocycles. The molecule has 0 spiro atoms. The molecule has 0 rings (SSSR count). The van der Waals surface area contributed by atoms with Gasteiger partial charge in [-0.25, -0.2) is 4.57 Å². The average Bonchev–Trinajstić information content (AvgIpc) is 1.36. The minimum absolute atomic E-state index is 0. The van der Waals surface area contributed by atoms with E-state index in [0.29, 0.717) is 0 Å².